The molecule has 3 rings (SSSR count). The fourth-order valence-corrected chi connectivity index (χ4v) is 2.25. The van der Waals surface area contributed by atoms with E-state index in [1.807, 2.05) is 16.7 Å². The first-order chi connectivity index (χ1) is 7.93. The van der Waals surface area contributed by atoms with Gasteiger partial charge in [0.15, 0.2) is 0 Å². The molecule has 0 saturated carbocycles. The molecule has 2 aromatic heterocycles. The topological polar surface area (TPSA) is 55.1 Å². The maximum atomic E-state index is 4.20. The van der Waals surface area contributed by atoms with Crippen LogP contribution in [-0.4, -0.2) is 32.2 Å². The van der Waals surface area contributed by atoms with Crippen molar-refractivity contribution in [3.63, 3.8) is 0 Å². The van der Waals surface area contributed by atoms with Gasteiger partial charge in [0.25, 0.3) is 5.78 Å². The van der Waals surface area contributed by atoms with Crippen LogP contribution < -0.4 is 5.32 Å². The molecule has 5 heteroatoms. The molecule has 1 atom stereocenters. The molecule has 1 aliphatic rings. The van der Waals surface area contributed by atoms with Gasteiger partial charge in [0, 0.05) is 24.9 Å². The van der Waals surface area contributed by atoms with Crippen LogP contribution in [-0.2, 0) is 6.42 Å². The number of piperidine rings is 1. The molecule has 0 amide bonds. The van der Waals surface area contributed by atoms with E-state index in [1.54, 1.807) is 6.20 Å². The molecule has 84 valence electrons. The van der Waals surface area contributed by atoms with Crippen molar-refractivity contribution in [2.45, 2.75) is 31.7 Å². The Morgan fingerprint density at radius 2 is 2.38 bits per heavy atom. The van der Waals surface area contributed by atoms with E-state index in [4.69, 9.17) is 0 Å². The van der Waals surface area contributed by atoms with Crippen molar-refractivity contribution < 1.29 is 0 Å². The van der Waals surface area contributed by atoms with Gasteiger partial charge >= 0.3 is 0 Å². The molecule has 0 bridgehead atoms. The summed E-state index contributed by atoms with van der Waals surface area (Å²) in [5, 5.41) is 11.8. The van der Waals surface area contributed by atoms with Crippen LogP contribution in [0.4, 0.5) is 0 Å². The predicted octanol–water partition coefficient (Wildman–Crippen LogP) is 0.809. The maximum Gasteiger partial charge on any atom is 0.254 e. The molecule has 0 aromatic carbocycles. The summed E-state index contributed by atoms with van der Waals surface area (Å²) in [6.07, 6.45) is 8.49. The van der Waals surface area contributed by atoms with Gasteiger partial charge in [0.05, 0.1) is 0 Å². The molecule has 0 radical (unpaired) electrons. The van der Waals surface area contributed by atoms with Gasteiger partial charge in [-0.25, -0.2) is 4.98 Å². The van der Waals surface area contributed by atoms with Gasteiger partial charge in [-0.05, 0) is 25.5 Å². The zero-order valence-electron chi connectivity index (χ0n) is 9.13. The van der Waals surface area contributed by atoms with Gasteiger partial charge in [-0.3, -0.25) is 4.40 Å². The molecule has 1 unspecified atom stereocenters. The fourth-order valence-electron chi connectivity index (χ4n) is 2.25. The van der Waals surface area contributed by atoms with Crippen LogP contribution in [0.25, 0.3) is 5.78 Å². The Hall–Kier alpha value is -1.49. The highest BCUT2D eigenvalue weighted by Gasteiger charge is 2.16. The van der Waals surface area contributed by atoms with Gasteiger partial charge in [-0.1, -0.05) is 6.42 Å². The highest BCUT2D eigenvalue weighted by molar-refractivity contribution is 5.26. The highest BCUT2D eigenvalue weighted by atomic mass is 15.3. The molecule has 1 saturated heterocycles. The van der Waals surface area contributed by atoms with Gasteiger partial charge in [0.2, 0.25) is 0 Å². The van der Waals surface area contributed by atoms with Crippen LogP contribution in [0.15, 0.2) is 18.5 Å². The van der Waals surface area contributed by atoms with Crippen molar-refractivity contribution in [3.8, 4) is 0 Å². The van der Waals surface area contributed by atoms with Gasteiger partial charge in [0.1, 0.15) is 5.82 Å². The minimum atomic E-state index is 0.543. The second-order valence-corrected chi connectivity index (χ2v) is 4.26. The first-order valence-electron chi connectivity index (χ1n) is 5.81. The van der Waals surface area contributed by atoms with E-state index in [0.717, 1.165) is 18.8 Å². The molecule has 0 aliphatic carbocycles. The van der Waals surface area contributed by atoms with Crippen molar-refractivity contribution in [2.75, 3.05) is 6.54 Å². The van der Waals surface area contributed by atoms with E-state index in [2.05, 4.69) is 20.5 Å². The molecule has 0 spiro atoms. The summed E-state index contributed by atoms with van der Waals surface area (Å²) < 4.78 is 1.97. The summed E-state index contributed by atoms with van der Waals surface area (Å²) in [4.78, 5) is 4.16. The van der Waals surface area contributed by atoms with E-state index < -0.39 is 0 Å². The van der Waals surface area contributed by atoms with E-state index in [-0.39, 0.29) is 0 Å². The first kappa shape index (κ1) is 9.72. The van der Waals surface area contributed by atoms with Gasteiger partial charge in [-0.2, -0.15) is 0 Å². The molecule has 5 nitrogen and oxygen atoms in total. The summed E-state index contributed by atoms with van der Waals surface area (Å²) in [5.74, 6) is 1.69. The third kappa shape index (κ3) is 1.78. The normalized spacial score (nSPS) is 21.4. The van der Waals surface area contributed by atoms with Gasteiger partial charge < -0.3 is 5.32 Å². The number of nitrogens with one attached hydrogen (secondary N) is 1. The van der Waals surface area contributed by atoms with Crippen molar-refractivity contribution in [2.24, 2.45) is 0 Å². The molecule has 3 heterocycles. The first-order valence-corrected chi connectivity index (χ1v) is 5.81. The summed E-state index contributed by atoms with van der Waals surface area (Å²) in [6, 6.07) is 2.45. The summed E-state index contributed by atoms with van der Waals surface area (Å²) in [5.41, 5.74) is 0. The van der Waals surface area contributed by atoms with E-state index in [0.29, 0.717) is 11.8 Å². The highest BCUT2D eigenvalue weighted by Crippen LogP contribution is 2.11. The van der Waals surface area contributed by atoms with Crippen molar-refractivity contribution in [3.05, 3.63) is 24.3 Å². The second kappa shape index (κ2) is 4.17. The third-order valence-corrected chi connectivity index (χ3v) is 3.10. The van der Waals surface area contributed by atoms with Crippen LogP contribution in [0, 0.1) is 0 Å². The largest absolute Gasteiger partial charge is 0.314 e. The number of fused-ring (bicyclic) bond motifs is 1. The lowest BCUT2D eigenvalue weighted by molar-refractivity contribution is 0.393. The lowest BCUT2D eigenvalue weighted by Gasteiger charge is -2.22. The Kier molecular flexibility index (Phi) is 2.53. The smallest absolute Gasteiger partial charge is 0.254 e. The molecular weight excluding hydrogens is 202 g/mol. The van der Waals surface area contributed by atoms with Crippen LogP contribution in [0.1, 0.15) is 25.1 Å². The minimum absolute atomic E-state index is 0.543. The number of nitrogens with zero attached hydrogens (tertiary/aromatic N) is 4. The van der Waals surface area contributed by atoms with Crippen molar-refractivity contribution >= 4 is 5.78 Å². The molecule has 2 aromatic rings. The summed E-state index contributed by atoms with van der Waals surface area (Å²) in [6.45, 7) is 1.12. The Morgan fingerprint density at radius 3 is 3.25 bits per heavy atom. The third-order valence-electron chi connectivity index (χ3n) is 3.10. The quantitative estimate of drug-likeness (QED) is 0.808. The minimum Gasteiger partial charge on any atom is -0.314 e. The Balaban J connectivity index is 1.83. The fraction of sp³-hybridized carbons (Fsp3) is 0.545. The zero-order valence-corrected chi connectivity index (χ0v) is 9.13. The van der Waals surface area contributed by atoms with Crippen LogP contribution in [0.3, 0.4) is 0 Å². The Morgan fingerprint density at radius 1 is 1.38 bits per heavy atom. The summed E-state index contributed by atoms with van der Waals surface area (Å²) >= 11 is 0. The van der Waals surface area contributed by atoms with Crippen molar-refractivity contribution in [1.29, 1.82) is 0 Å². The predicted molar refractivity (Wildman–Crippen MR) is 60.1 cm³/mol. The van der Waals surface area contributed by atoms with E-state index >= 15 is 0 Å². The molecule has 1 aliphatic heterocycles. The molecular formula is C11H15N5. The molecule has 1 fully saturated rings. The SMILES string of the molecule is c1cnc2nnc(CC3CCCCN3)n2c1. The second-order valence-electron chi connectivity index (χ2n) is 4.26. The number of hydrogen-bond acceptors (Lipinski definition) is 4. The van der Waals surface area contributed by atoms with Crippen LogP contribution >= 0.6 is 0 Å². The van der Waals surface area contributed by atoms with Crippen molar-refractivity contribution in [1.82, 2.24) is 24.9 Å². The lowest BCUT2D eigenvalue weighted by Crippen LogP contribution is -2.36. The van der Waals surface area contributed by atoms with E-state index in [1.165, 1.54) is 19.3 Å². The lowest BCUT2D eigenvalue weighted by atomic mass is 10.0. The maximum absolute atomic E-state index is 4.20. The Labute approximate surface area is 93.9 Å². The Bertz CT molecular complexity index is 472. The van der Waals surface area contributed by atoms with Gasteiger partial charge in [-0.15, -0.1) is 10.2 Å². The average molecular weight is 217 g/mol. The van der Waals surface area contributed by atoms with Crippen LogP contribution in [0.5, 0.6) is 0 Å². The monoisotopic (exact) mass is 217 g/mol. The average Bonchev–Trinajstić information content (AvgIpc) is 2.74. The molecule has 16 heavy (non-hydrogen) atoms. The standard InChI is InChI=1S/C11H15N5/c1-2-5-12-9(4-1)8-10-14-15-11-13-6-3-7-16(10)11/h3,6-7,9,12H,1-2,4-5,8H2. The zero-order chi connectivity index (χ0) is 10.8. The number of rotatable bonds is 2. The number of hydrogen-bond donors (Lipinski definition) is 1. The molecule has 1 N–H and O–H groups in total. The summed E-state index contributed by atoms with van der Waals surface area (Å²) in [7, 11) is 0. The van der Waals surface area contributed by atoms with E-state index in [9.17, 15) is 0 Å². The van der Waals surface area contributed by atoms with Crippen LogP contribution in [0.2, 0.25) is 0 Å². The number of aromatic nitrogens is 4.